The second kappa shape index (κ2) is 7.24. The molecule has 2 aliphatic heterocycles. The topological polar surface area (TPSA) is 102 Å². The quantitative estimate of drug-likeness (QED) is 0.746. The Morgan fingerprint density at radius 1 is 1.19 bits per heavy atom. The van der Waals surface area contributed by atoms with Crippen molar-refractivity contribution >= 4 is 34.2 Å². The van der Waals surface area contributed by atoms with Gasteiger partial charge in [0.1, 0.15) is 5.00 Å². The number of thiophene rings is 1. The van der Waals surface area contributed by atoms with E-state index in [9.17, 15) is 19.5 Å². The molecule has 1 aromatic rings. The lowest BCUT2D eigenvalue weighted by Gasteiger charge is -2.23. The summed E-state index contributed by atoms with van der Waals surface area (Å²) < 4.78 is 10.9. The van der Waals surface area contributed by atoms with Crippen LogP contribution in [0.2, 0.25) is 0 Å². The lowest BCUT2D eigenvalue weighted by molar-refractivity contribution is -0.147. The van der Waals surface area contributed by atoms with E-state index in [1.165, 1.54) is 11.3 Å². The Morgan fingerprint density at radius 3 is 2.59 bits per heavy atom. The van der Waals surface area contributed by atoms with Crippen LogP contribution in [0.4, 0.5) is 5.00 Å². The van der Waals surface area contributed by atoms with Crippen LogP contribution < -0.4 is 5.32 Å². The van der Waals surface area contributed by atoms with Gasteiger partial charge in [-0.1, -0.05) is 0 Å². The second-order valence-corrected chi connectivity index (χ2v) is 8.41. The average molecular weight is 393 g/mol. The van der Waals surface area contributed by atoms with Crippen LogP contribution in [0.5, 0.6) is 0 Å². The van der Waals surface area contributed by atoms with Gasteiger partial charge in [-0.05, 0) is 51.0 Å². The van der Waals surface area contributed by atoms with Crippen molar-refractivity contribution < 1.29 is 29.0 Å². The normalized spacial score (nSPS) is 28.6. The highest BCUT2D eigenvalue weighted by Crippen LogP contribution is 2.45. The molecular formula is C19H23NO6S. The van der Waals surface area contributed by atoms with Gasteiger partial charge in [0.15, 0.2) is 0 Å². The molecule has 0 radical (unpaired) electrons. The zero-order valence-corrected chi connectivity index (χ0v) is 16.0. The van der Waals surface area contributed by atoms with E-state index < -0.39 is 29.9 Å². The number of rotatable bonds is 5. The first kappa shape index (κ1) is 18.4. The van der Waals surface area contributed by atoms with Crippen LogP contribution in [0.3, 0.4) is 0 Å². The van der Waals surface area contributed by atoms with Gasteiger partial charge < -0.3 is 19.9 Å². The zero-order valence-electron chi connectivity index (χ0n) is 15.2. The molecule has 0 aromatic carbocycles. The summed E-state index contributed by atoms with van der Waals surface area (Å²) in [5.74, 6) is -3.36. The van der Waals surface area contributed by atoms with Gasteiger partial charge in [-0.2, -0.15) is 0 Å². The fourth-order valence-corrected chi connectivity index (χ4v) is 5.87. The number of fused-ring (bicyclic) bond motifs is 3. The number of carboxylic acid groups (broad SMARTS) is 1. The Kier molecular flexibility index (Phi) is 4.94. The first-order valence-electron chi connectivity index (χ1n) is 9.52. The van der Waals surface area contributed by atoms with Crippen molar-refractivity contribution in [2.24, 2.45) is 11.8 Å². The molecule has 1 amide bonds. The smallest absolute Gasteiger partial charge is 0.341 e. The molecular weight excluding hydrogens is 370 g/mol. The van der Waals surface area contributed by atoms with E-state index in [1.807, 2.05) is 0 Å². The molecule has 2 N–H and O–H groups in total. The monoisotopic (exact) mass is 393 g/mol. The van der Waals surface area contributed by atoms with E-state index in [0.29, 0.717) is 23.4 Å². The molecule has 2 bridgehead atoms. The lowest BCUT2D eigenvalue weighted by atomic mass is 9.78. The Balaban J connectivity index is 1.62. The third kappa shape index (κ3) is 3.14. The molecule has 3 heterocycles. The minimum Gasteiger partial charge on any atom is -0.481 e. The lowest BCUT2D eigenvalue weighted by Crippen LogP contribution is -2.41. The third-order valence-electron chi connectivity index (χ3n) is 5.75. The number of esters is 1. The maximum absolute atomic E-state index is 13.0. The molecule has 27 heavy (non-hydrogen) atoms. The van der Waals surface area contributed by atoms with Gasteiger partial charge in [-0.15, -0.1) is 11.3 Å². The van der Waals surface area contributed by atoms with Crippen molar-refractivity contribution in [2.75, 3.05) is 11.9 Å². The molecule has 8 heteroatoms. The van der Waals surface area contributed by atoms with Crippen molar-refractivity contribution in [3.63, 3.8) is 0 Å². The van der Waals surface area contributed by atoms with Crippen molar-refractivity contribution in [2.45, 2.75) is 57.7 Å². The SMILES string of the molecule is CCOC(=O)c1c(NC(=O)[C@@H]2[C@@H](C(=O)O)[C@H]3CC[C@@H]2O3)sc2c1CCCC2. The molecule has 1 aromatic heterocycles. The Bertz CT molecular complexity index is 787. The number of hydrogen-bond acceptors (Lipinski definition) is 6. The summed E-state index contributed by atoms with van der Waals surface area (Å²) in [6.07, 6.45) is 4.35. The number of carbonyl (C=O) groups excluding carboxylic acids is 2. The van der Waals surface area contributed by atoms with E-state index in [1.54, 1.807) is 6.92 Å². The van der Waals surface area contributed by atoms with Gasteiger partial charge in [0.25, 0.3) is 0 Å². The van der Waals surface area contributed by atoms with E-state index in [2.05, 4.69) is 5.32 Å². The first-order valence-corrected chi connectivity index (χ1v) is 10.3. The highest BCUT2D eigenvalue weighted by atomic mass is 32.1. The van der Waals surface area contributed by atoms with E-state index in [-0.39, 0.29) is 18.6 Å². The number of anilines is 1. The molecule has 146 valence electrons. The molecule has 1 aliphatic carbocycles. The number of aryl methyl sites for hydroxylation is 1. The number of hydrogen-bond donors (Lipinski definition) is 2. The highest BCUT2D eigenvalue weighted by Gasteiger charge is 2.55. The molecule has 0 spiro atoms. The predicted molar refractivity (Wildman–Crippen MR) is 98.1 cm³/mol. The third-order valence-corrected chi connectivity index (χ3v) is 6.96. The number of amides is 1. The minimum absolute atomic E-state index is 0.262. The number of ether oxygens (including phenoxy) is 2. The maximum atomic E-state index is 13.0. The van der Waals surface area contributed by atoms with Gasteiger partial charge in [0, 0.05) is 4.88 Å². The van der Waals surface area contributed by atoms with Crippen molar-refractivity contribution in [3.05, 3.63) is 16.0 Å². The van der Waals surface area contributed by atoms with E-state index in [0.717, 1.165) is 36.1 Å². The van der Waals surface area contributed by atoms with Crippen LogP contribution in [0.25, 0.3) is 0 Å². The summed E-state index contributed by atoms with van der Waals surface area (Å²) in [5, 5.41) is 12.9. The number of nitrogens with one attached hydrogen (secondary N) is 1. The van der Waals surface area contributed by atoms with Crippen LogP contribution >= 0.6 is 11.3 Å². The molecule has 3 aliphatic rings. The summed E-state index contributed by atoms with van der Waals surface area (Å²) >= 11 is 1.41. The van der Waals surface area contributed by atoms with Gasteiger partial charge in [-0.3, -0.25) is 9.59 Å². The fraction of sp³-hybridized carbons (Fsp3) is 0.632. The van der Waals surface area contributed by atoms with E-state index in [4.69, 9.17) is 9.47 Å². The van der Waals surface area contributed by atoms with Crippen LogP contribution in [-0.2, 0) is 31.9 Å². The van der Waals surface area contributed by atoms with Crippen molar-refractivity contribution in [1.29, 1.82) is 0 Å². The van der Waals surface area contributed by atoms with Crippen molar-refractivity contribution in [1.82, 2.24) is 0 Å². The minimum atomic E-state index is -1.00. The molecule has 2 fully saturated rings. The van der Waals surface area contributed by atoms with Gasteiger partial charge in [0.05, 0.1) is 36.2 Å². The second-order valence-electron chi connectivity index (χ2n) is 7.30. The fourth-order valence-electron chi connectivity index (χ4n) is 4.59. The average Bonchev–Trinajstić information content (AvgIpc) is 3.33. The molecule has 2 saturated heterocycles. The van der Waals surface area contributed by atoms with Crippen LogP contribution in [0.15, 0.2) is 0 Å². The maximum Gasteiger partial charge on any atom is 0.341 e. The summed E-state index contributed by atoms with van der Waals surface area (Å²) in [5.41, 5.74) is 1.42. The zero-order chi connectivity index (χ0) is 19.1. The summed E-state index contributed by atoms with van der Waals surface area (Å²) in [6.45, 7) is 2.01. The first-order chi connectivity index (χ1) is 13.0. The predicted octanol–water partition coefficient (Wildman–Crippen LogP) is 2.62. The summed E-state index contributed by atoms with van der Waals surface area (Å²) in [4.78, 5) is 38.2. The van der Waals surface area contributed by atoms with E-state index >= 15 is 0 Å². The number of carbonyl (C=O) groups is 3. The molecule has 0 saturated carbocycles. The Hall–Kier alpha value is -1.93. The van der Waals surface area contributed by atoms with Gasteiger partial charge >= 0.3 is 11.9 Å². The largest absolute Gasteiger partial charge is 0.481 e. The summed E-state index contributed by atoms with van der Waals surface area (Å²) in [7, 11) is 0. The number of carboxylic acids is 1. The van der Waals surface area contributed by atoms with Gasteiger partial charge in [-0.25, -0.2) is 4.79 Å². The molecule has 7 nitrogen and oxygen atoms in total. The van der Waals surface area contributed by atoms with Crippen molar-refractivity contribution in [3.8, 4) is 0 Å². The standard InChI is InChI=1S/C19H23NO6S/c1-2-25-19(24)13-9-5-3-4-6-12(9)27-17(13)20-16(21)14-10-7-8-11(26-10)15(14)18(22)23/h10-11,14-15H,2-8H2,1H3,(H,20,21)(H,22,23)/t10-,11+,14-,15-/m0/s1. The Labute approximate surface area is 161 Å². The van der Waals surface area contributed by atoms with Gasteiger partial charge in [0.2, 0.25) is 5.91 Å². The molecule has 4 atom stereocenters. The molecule has 0 unspecified atom stereocenters. The number of aliphatic carboxylic acids is 1. The van der Waals surface area contributed by atoms with Crippen LogP contribution in [0.1, 0.15) is 53.4 Å². The highest BCUT2D eigenvalue weighted by molar-refractivity contribution is 7.17. The Morgan fingerprint density at radius 2 is 1.89 bits per heavy atom. The van der Waals surface area contributed by atoms with Crippen LogP contribution in [-0.4, -0.2) is 41.8 Å². The van der Waals surface area contributed by atoms with Crippen LogP contribution in [0, 0.1) is 11.8 Å². The molecule has 4 rings (SSSR count). The summed E-state index contributed by atoms with van der Waals surface area (Å²) in [6, 6.07) is 0.